The van der Waals surface area contributed by atoms with E-state index >= 15 is 0 Å². The van der Waals surface area contributed by atoms with Crippen molar-refractivity contribution in [3.8, 4) is 5.75 Å². The van der Waals surface area contributed by atoms with Crippen LogP contribution in [0, 0.1) is 0 Å². The molecule has 66 valence electrons. The van der Waals surface area contributed by atoms with E-state index in [1.807, 2.05) is 25.1 Å². The maximum absolute atomic E-state index is 5.71. The van der Waals surface area contributed by atoms with Crippen molar-refractivity contribution in [1.29, 1.82) is 0 Å². The van der Waals surface area contributed by atoms with Crippen LogP contribution in [0.4, 0.5) is 0 Å². The zero-order valence-corrected chi connectivity index (χ0v) is 8.76. The van der Waals surface area contributed by atoms with E-state index in [0.29, 0.717) is 0 Å². The van der Waals surface area contributed by atoms with E-state index in [0.717, 1.165) is 15.8 Å². The Hall–Kier alpha value is -0.540. The van der Waals surface area contributed by atoms with Crippen LogP contribution >= 0.6 is 15.9 Å². The maximum Gasteiger partial charge on any atom is 0.133 e. The predicted octanol–water partition coefficient (Wildman–Crippen LogP) is 2.48. The lowest BCUT2D eigenvalue weighted by Crippen LogP contribution is -2.04. The molecule has 0 amide bonds. The quantitative estimate of drug-likeness (QED) is 0.846. The molecule has 0 saturated heterocycles. The lowest BCUT2D eigenvalue weighted by molar-refractivity contribution is 0.412. The molecule has 0 saturated carbocycles. The Kier molecular flexibility index (Phi) is 3.12. The summed E-state index contributed by atoms with van der Waals surface area (Å²) in [7, 11) is 1.64. The molecule has 0 aliphatic heterocycles. The van der Waals surface area contributed by atoms with Crippen LogP contribution in [0.25, 0.3) is 0 Å². The molecule has 0 heterocycles. The summed E-state index contributed by atoms with van der Waals surface area (Å²) in [6.07, 6.45) is 0. The third kappa shape index (κ3) is 1.99. The van der Waals surface area contributed by atoms with Crippen molar-refractivity contribution in [1.82, 2.24) is 0 Å². The molecule has 2 nitrogen and oxygen atoms in total. The minimum Gasteiger partial charge on any atom is -0.496 e. The predicted molar refractivity (Wildman–Crippen MR) is 53.3 cm³/mol. The van der Waals surface area contributed by atoms with Gasteiger partial charge in [0.2, 0.25) is 0 Å². The normalized spacial score (nSPS) is 12.7. The molecule has 1 rings (SSSR count). The summed E-state index contributed by atoms with van der Waals surface area (Å²) in [4.78, 5) is 0. The standard InChI is InChI=1S/C9H12BrNO/c1-6(11)7-3-4-9(12-2)8(10)5-7/h3-6H,11H2,1-2H3. The lowest BCUT2D eigenvalue weighted by Gasteiger charge is -2.08. The highest BCUT2D eigenvalue weighted by Crippen LogP contribution is 2.27. The largest absolute Gasteiger partial charge is 0.496 e. The van der Waals surface area contributed by atoms with Gasteiger partial charge in [-0.25, -0.2) is 0 Å². The first kappa shape index (κ1) is 9.55. The molecule has 0 radical (unpaired) electrons. The van der Waals surface area contributed by atoms with Crippen LogP contribution in [0.2, 0.25) is 0 Å². The first-order valence-corrected chi connectivity index (χ1v) is 4.53. The molecule has 1 aromatic carbocycles. The summed E-state index contributed by atoms with van der Waals surface area (Å²) in [5.74, 6) is 0.833. The Morgan fingerprint density at radius 2 is 2.17 bits per heavy atom. The Labute approximate surface area is 80.8 Å². The number of hydrogen-bond acceptors (Lipinski definition) is 2. The van der Waals surface area contributed by atoms with E-state index in [9.17, 15) is 0 Å². The highest BCUT2D eigenvalue weighted by Gasteiger charge is 2.03. The summed E-state index contributed by atoms with van der Waals surface area (Å²) >= 11 is 3.40. The molecule has 0 aromatic heterocycles. The van der Waals surface area contributed by atoms with E-state index in [1.54, 1.807) is 7.11 Å². The topological polar surface area (TPSA) is 35.2 Å². The smallest absolute Gasteiger partial charge is 0.133 e. The Morgan fingerprint density at radius 3 is 2.58 bits per heavy atom. The number of hydrogen-bond donors (Lipinski definition) is 1. The van der Waals surface area contributed by atoms with Crippen molar-refractivity contribution in [2.45, 2.75) is 13.0 Å². The van der Waals surface area contributed by atoms with Crippen LogP contribution in [0.5, 0.6) is 5.75 Å². The van der Waals surface area contributed by atoms with E-state index < -0.39 is 0 Å². The van der Waals surface area contributed by atoms with E-state index in [-0.39, 0.29) is 6.04 Å². The minimum atomic E-state index is 0.0622. The van der Waals surface area contributed by atoms with Crippen molar-refractivity contribution in [2.75, 3.05) is 7.11 Å². The Morgan fingerprint density at radius 1 is 1.50 bits per heavy atom. The van der Waals surface area contributed by atoms with Crippen molar-refractivity contribution in [3.05, 3.63) is 28.2 Å². The van der Waals surface area contributed by atoms with Crippen LogP contribution in [0.3, 0.4) is 0 Å². The number of ether oxygens (including phenoxy) is 1. The van der Waals surface area contributed by atoms with Gasteiger partial charge in [0.1, 0.15) is 5.75 Å². The molecule has 1 atom stereocenters. The maximum atomic E-state index is 5.71. The van der Waals surface area contributed by atoms with Gasteiger partial charge in [0.05, 0.1) is 11.6 Å². The number of benzene rings is 1. The third-order valence-electron chi connectivity index (χ3n) is 1.70. The molecule has 0 spiro atoms. The molecule has 0 aliphatic carbocycles. The van der Waals surface area contributed by atoms with Crippen LogP contribution in [0.15, 0.2) is 22.7 Å². The second-order valence-electron chi connectivity index (χ2n) is 2.68. The van der Waals surface area contributed by atoms with Gasteiger partial charge in [0.25, 0.3) is 0 Å². The van der Waals surface area contributed by atoms with Gasteiger partial charge in [-0.3, -0.25) is 0 Å². The zero-order valence-electron chi connectivity index (χ0n) is 7.17. The van der Waals surface area contributed by atoms with Crippen LogP contribution < -0.4 is 10.5 Å². The molecule has 3 heteroatoms. The van der Waals surface area contributed by atoms with Crippen LogP contribution in [-0.4, -0.2) is 7.11 Å². The van der Waals surface area contributed by atoms with E-state index in [4.69, 9.17) is 10.5 Å². The SMILES string of the molecule is COc1ccc(C(C)N)cc1Br. The van der Waals surface area contributed by atoms with Crippen molar-refractivity contribution < 1.29 is 4.74 Å². The highest BCUT2D eigenvalue weighted by atomic mass is 79.9. The van der Waals surface area contributed by atoms with Gasteiger partial charge in [-0.2, -0.15) is 0 Å². The fraction of sp³-hybridized carbons (Fsp3) is 0.333. The Balaban J connectivity index is 3.02. The van der Waals surface area contributed by atoms with Gasteiger partial charge in [-0.05, 0) is 40.5 Å². The summed E-state index contributed by atoms with van der Waals surface area (Å²) in [6, 6.07) is 5.91. The van der Waals surface area contributed by atoms with Crippen LogP contribution in [0.1, 0.15) is 18.5 Å². The van der Waals surface area contributed by atoms with Gasteiger partial charge in [-0.1, -0.05) is 6.07 Å². The second kappa shape index (κ2) is 3.92. The van der Waals surface area contributed by atoms with Crippen molar-refractivity contribution in [2.24, 2.45) is 5.73 Å². The first-order valence-electron chi connectivity index (χ1n) is 3.74. The summed E-state index contributed by atoms with van der Waals surface area (Å²) in [5.41, 5.74) is 6.81. The summed E-state index contributed by atoms with van der Waals surface area (Å²) in [5, 5.41) is 0. The fourth-order valence-electron chi connectivity index (χ4n) is 0.966. The van der Waals surface area contributed by atoms with Gasteiger partial charge >= 0.3 is 0 Å². The number of nitrogens with two attached hydrogens (primary N) is 1. The molecule has 12 heavy (non-hydrogen) atoms. The number of halogens is 1. The second-order valence-corrected chi connectivity index (χ2v) is 3.54. The fourth-order valence-corrected chi connectivity index (χ4v) is 1.52. The molecule has 0 bridgehead atoms. The van der Waals surface area contributed by atoms with E-state index in [1.165, 1.54) is 0 Å². The number of methoxy groups -OCH3 is 1. The lowest BCUT2D eigenvalue weighted by atomic mass is 10.1. The molecule has 0 aliphatic rings. The van der Waals surface area contributed by atoms with Crippen LogP contribution in [-0.2, 0) is 0 Å². The van der Waals surface area contributed by atoms with Gasteiger partial charge in [0, 0.05) is 6.04 Å². The van der Waals surface area contributed by atoms with Crippen molar-refractivity contribution >= 4 is 15.9 Å². The molecule has 1 unspecified atom stereocenters. The summed E-state index contributed by atoms with van der Waals surface area (Å²) < 4.78 is 6.04. The Bertz CT molecular complexity index is 273. The molecule has 0 fully saturated rings. The third-order valence-corrected chi connectivity index (χ3v) is 2.32. The number of rotatable bonds is 2. The van der Waals surface area contributed by atoms with Gasteiger partial charge in [-0.15, -0.1) is 0 Å². The zero-order chi connectivity index (χ0) is 9.14. The first-order chi connectivity index (χ1) is 5.65. The monoisotopic (exact) mass is 229 g/mol. The average Bonchev–Trinajstić information content (AvgIpc) is 2.04. The average molecular weight is 230 g/mol. The van der Waals surface area contributed by atoms with Crippen molar-refractivity contribution in [3.63, 3.8) is 0 Å². The molecular weight excluding hydrogens is 218 g/mol. The molecular formula is C9H12BrNO. The van der Waals surface area contributed by atoms with Gasteiger partial charge < -0.3 is 10.5 Å². The minimum absolute atomic E-state index is 0.0622. The summed E-state index contributed by atoms with van der Waals surface area (Å²) in [6.45, 7) is 1.95. The van der Waals surface area contributed by atoms with Gasteiger partial charge in [0.15, 0.2) is 0 Å². The molecule has 2 N–H and O–H groups in total. The van der Waals surface area contributed by atoms with E-state index in [2.05, 4.69) is 15.9 Å². The molecule has 1 aromatic rings. The highest BCUT2D eigenvalue weighted by molar-refractivity contribution is 9.10.